The summed E-state index contributed by atoms with van der Waals surface area (Å²) in [6.07, 6.45) is 3.44. The van der Waals surface area contributed by atoms with Crippen LogP contribution in [-0.4, -0.2) is 4.98 Å². The maximum Gasteiger partial charge on any atom is 0.0653 e. The Kier molecular flexibility index (Phi) is 3.74. The van der Waals surface area contributed by atoms with Crippen LogP contribution >= 0.6 is 27.7 Å². The predicted molar refractivity (Wildman–Crippen MR) is 76.4 cm³/mol. The molecule has 0 bridgehead atoms. The molecule has 0 fully saturated rings. The zero-order valence-corrected chi connectivity index (χ0v) is 12.1. The molecule has 1 aromatic carbocycles. The van der Waals surface area contributed by atoms with Crippen molar-refractivity contribution in [3.05, 3.63) is 46.2 Å². The molecule has 0 saturated heterocycles. The van der Waals surface area contributed by atoms with Gasteiger partial charge in [-0.05, 0) is 41.4 Å². The minimum atomic E-state index is 0.698. The maximum atomic E-state index is 5.94. The number of nitrogen functional groups attached to an aromatic ring is 1. The number of aromatic nitrogens is 1. The van der Waals surface area contributed by atoms with Gasteiger partial charge in [0.2, 0.25) is 0 Å². The average Bonchev–Trinajstić information content (AvgIpc) is 2.26. The number of rotatable bonds is 2. The van der Waals surface area contributed by atoms with Gasteiger partial charge >= 0.3 is 0 Å². The fourth-order valence-electron chi connectivity index (χ4n) is 1.57. The van der Waals surface area contributed by atoms with Crippen molar-refractivity contribution in [1.82, 2.24) is 4.98 Å². The van der Waals surface area contributed by atoms with E-state index in [1.54, 1.807) is 24.2 Å². The lowest BCUT2D eigenvalue weighted by Gasteiger charge is -2.09. The standard InChI is InChI=1S/C13H13BrN2S/c1-8-3-4-12(9(2)5-8)17-13-10(14)6-16-7-11(13)15/h3-7H,15H2,1-2H3. The summed E-state index contributed by atoms with van der Waals surface area (Å²) in [5.74, 6) is 0. The van der Waals surface area contributed by atoms with Gasteiger partial charge in [-0.2, -0.15) is 0 Å². The van der Waals surface area contributed by atoms with Crippen molar-refractivity contribution in [2.24, 2.45) is 0 Å². The topological polar surface area (TPSA) is 38.9 Å². The number of aryl methyl sites for hydroxylation is 2. The minimum Gasteiger partial charge on any atom is -0.397 e. The Morgan fingerprint density at radius 1 is 1.24 bits per heavy atom. The van der Waals surface area contributed by atoms with Gasteiger partial charge in [0.05, 0.1) is 21.3 Å². The molecule has 0 saturated carbocycles. The second kappa shape index (κ2) is 5.10. The van der Waals surface area contributed by atoms with Gasteiger partial charge in [0.25, 0.3) is 0 Å². The third-order valence-corrected chi connectivity index (χ3v) is 4.62. The first-order valence-electron chi connectivity index (χ1n) is 5.22. The van der Waals surface area contributed by atoms with E-state index >= 15 is 0 Å². The summed E-state index contributed by atoms with van der Waals surface area (Å²) in [6.45, 7) is 4.21. The van der Waals surface area contributed by atoms with Crippen LogP contribution < -0.4 is 5.73 Å². The van der Waals surface area contributed by atoms with Crippen molar-refractivity contribution >= 4 is 33.4 Å². The SMILES string of the molecule is Cc1ccc(Sc2c(N)cncc2Br)c(C)c1. The molecular weight excluding hydrogens is 296 g/mol. The molecule has 0 atom stereocenters. The first-order valence-corrected chi connectivity index (χ1v) is 6.83. The summed E-state index contributed by atoms with van der Waals surface area (Å²) in [5.41, 5.74) is 9.17. The molecular formula is C13H13BrN2S. The van der Waals surface area contributed by atoms with Gasteiger partial charge in [0.1, 0.15) is 0 Å². The van der Waals surface area contributed by atoms with Crippen LogP contribution in [0.1, 0.15) is 11.1 Å². The first kappa shape index (κ1) is 12.5. The van der Waals surface area contributed by atoms with Crippen LogP contribution in [0.25, 0.3) is 0 Å². The summed E-state index contributed by atoms with van der Waals surface area (Å²) in [6, 6.07) is 6.41. The Balaban J connectivity index is 2.38. The first-order chi connectivity index (χ1) is 8.08. The maximum absolute atomic E-state index is 5.94. The number of nitrogens with two attached hydrogens (primary N) is 1. The number of nitrogens with zero attached hydrogens (tertiary/aromatic N) is 1. The Bertz CT molecular complexity index is 535. The van der Waals surface area contributed by atoms with Crippen LogP contribution in [0.5, 0.6) is 0 Å². The fourth-order valence-corrected chi connectivity index (χ4v) is 3.06. The fraction of sp³-hybridized carbons (Fsp3) is 0.154. The van der Waals surface area contributed by atoms with E-state index in [2.05, 4.69) is 53.0 Å². The highest BCUT2D eigenvalue weighted by atomic mass is 79.9. The van der Waals surface area contributed by atoms with Crippen LogP contribution in [0.4, 0.5) is 5.69 Å². The van der Waals surface area contributed by atoms with E-state index in [4.69, 9.17) is 5.73 Å². The zero-order valence-electron chi connectivity index (χ0n) is 9.70. The van der Waals surface area contributed by atoms with E-state index in [1.807, 2.05) is 0 Å². The molecule has 0 amide bonds. The molecule has 88 valence electrons. The molecule has 2 rings (SSSR count). The molecule has 1 heterocycles. The van der Waals surface area contributed by atoms with Crippen molar-refractivity contribution in [2.45, 2.75) is 23.6 Å². The lowest BCUT2D eigenvalue weighted by atomic mass is 10.2. The normalized spacial score (nSPS) is 10.5. The van der Waals surface area contributed by atoms with Crippen molar-refractivity contribution in [1.29, 1.82) is 0 Å². The second-order valence-electron chi connectivity index (χ2n) is 3.91. The largest absolute Gasteiger partial charge is 0.397 e. The summed E-state index contributed by atoms with van der Waals surface area (Å²) in [5, 5.41) is 0. The van der Waals surface area contributed by atoms with E-state index < -0.39 is 0 Å². The second-order valence-corrected chi connectivity index (χ2v) is 5.82. The lowest BCUT2D eigenvalue weighted by molar-refractivity contribution is 1.22. The molecule has 0 spiro atoms. The van der Waals surface area contributed by atoms with Crippen molar-refractivity contribution in [2.75, 3.05) is 5.73 Å². The van der Waals surface area contributed by atoms with Crippen molar-refractivity contribution < 1.29 is 0 Å². The third kappa shape index (κ3) is 2.82. The summed E-state index contributed by atoms with van der Waals surface area (Å²) in [4.78, 5) is 6.27. The molecule has 0 aliphatic carbocycles. The zero-order chi connectivity index (χ0) is 12.4. The molecule has 0 aliphatic heterocycles. The molecule has 2 N–H and O–H groups in total. The third-order valence-electron chi connectivity index (χ3n) is 2.42. The van der Waals surface area contributed by atoms with Gasteiger partial charge in [0.15, 0.2) is 0 Å². The van der Waals surface area contributed by atoms with Gasteiger partial charge in [0, 0.05) is 11.1 Å². The van der Waals surface area contributed by atoms with E-state index in [-0.39, 0.29) is 0 Å². The summed E-state index contributed by atoms with van der Waals surface area (Å²) < 4.78 is 0.933. The number of anilines is 1. The van der Waals surface area contributed by atoms with Crippen molar-refractivity contribution in [3.8, 4) is 0 Å². The average molecular weight is 309 g/mol. The summed E-state index contributed by atoms with van der Waals surface area (Å²) in [7, 11) is 0. The smallest absolute Gasteiger partial charge is 0.0653 e. The van der Waals surface area contributed by atoms with E-state index in [9.17, 15) is 0 Å². The van der Waals surface area contributed by atoms with Gasteiger partial charge < -0.3 is 5.73 Å². The number of pyridine rings is 1. The quantitative estimate of drug-likeness (QED) is 0.904. The molecule has 2 nitrogen and oxygen atoms in total. The Morgan fingerprint density at radius 3 is 2.65 bits per heavy atom. The Labute approximate surface area is 114 Å². The number of benzene rings is 1. The number of hydrogen-bond acceptors (Lipinski definition) is 3. The van der Waals surface area contributed by atoms with Gasteiger partial charge in [-0.25, -0.2) is 0 Å². The monoisotopic (exact) mass is 308 g/mol. The Hall–Kier alpha value is -1.00. The molecule has 1 aromatic heterocycles. The minimum absolute atomic E-state index is 0.698. The van der Waals surface area contributed by atoms with E-state index in [0.717, 1.165) is 9.37 Å². The highest BCUT2D eigenvalue weighted by Gasteiger charge is 2.08. The highest BCUT2D eigenvalue weighted by Crippen LogP contribution is 2.38. The van der Waals surface area contributed by atoms with E-state index in [0.29, 0.717) is 5.69 Å². The van der Waals surface area contributed by atoms with Crippen LogP contribution in [0.2, 0.25) is 0 Å². The van der Waals surface area contributed by atoms with Crippen LogP contribution in [-0.2, 0) is 0 Å². The van der Waals surface area contributed by atoms with Gasteiger partial charge in [-0.1, -0.05) is 29.5 Å². The molecule has 4 heteroatoms. The number of halogens is 1. The van der Waals surface area contributed by atoms with Crippen LogP contribution in [0.15, 0.2) is 44.9 Å². The molecule has 17 heavy (non-hydrogen) atoms. The highest BCUT2D eigenvalue weighted by molar-refractivity contribution is 9.10. The molecule has 0 aliphatic rings. The molecule has 2 aromatic rings. The lowest BCUT2D eigenvalue weighted by Crippen LogP contribution is -1.91. The predicted octanol–water partition coefficient (Wildman–Crippen LogP) is 4.19. The van der Waals surface area contributed by atoms with Gasteiger partial charge in [-0.15, -0.1) is 0 Å². The van der Waals surface area contributed by atoms with Crippen molar-refractivity contribution in [3.63, 3.8) is 0 Å². The summed E-state index contributed by atoms with van der Waals surface area (Å²) >= 11 is 5.14. The molecule has 0 unspecified atom stereocenters. The molecule has 0 radical (unpaired) electrons. The van der Waals surface area contributed by atoms with Crippen LogP contribution in [0.3, 0.4) is 0 Å². The van der Waals surface area contributed by atoms with Crippen LogP contribution in [0, 0.1) is 13.8 Å². The van der Waals surface area contributed by atoms with Gasteiger partial charge in [-0.3, -0.25) is 4.98 Å². The number of hydrogen-bond donors (Lipinski definition) is 1. The van der Waals surface area contributed by atoms with E-state index in [1.165, 1.54) is 16.0 Å². The Morgan fingerprint density at radius 2 is 2.00 bits per heavy atom.